The summed E-state index contributed by atoms with van der Waals surface area (Å²) in [6, 6.07) is 7.90. The second-order valence-corrected chi connectivity index (χ2v) is 6.91. The molecule has 1 aromatic carbocycles. The summed E-state index contributed by atoms with van der Waals surface area (Å²) < 4.78 is 45.9. The molecule has 0 atom stereocenters. The van der Waals surface area contributed by atoms with Gasteiger partial charge in [0.25, 0.3) is 0 Å². The van der Waals surface area contributed by atoms with Gasteiger partial charge in [-0.15, -0.1) is 0 Å². The summed E-state index contributed by atoms with van der Waals surface area (Å²) in [5, 5.41) is 3.50. The molecule has 0 amide bonds. The van der Waals surface area contributed by atoms with Crippen LogP contribution < -0.4 is 5.32 Å². The Morgan fingerprint density at radius 3 is 2.42 bits per heavy atom. The highest BCUT2D eigenvalue weighted by Crippen LogP contribution is 2.32. The van der Waals surface area contributed by atoms with Crippen LogP contribution in [-0.2, 0) is 17.5 Å². The Labute approximate surface area is 151 Å². The maximum atomic E-state index is 13.0. The third-order valence-corrected chi connectivity index (χ3v) is 4.61. The van der Waals surface area contributed by atoms with Crippen molar-refractivity contribution >= 4 is 0 Å². The first-order valence-corrected chi connectivity index (χ1v) is 8.91. The molecule has 0 bridgehead atoms. The zero-order chi connectivity index (χ0) is 18.7. The second-order valence-electron chi connectivity index (χ2n) is 6.91. The summed E-state index contributed by atoms with van der Waals surface area (Å²) in [6.07, 6.45) is -1.35. The molecule has 4 nitrogen and oxygen atoms in total. The number of aromatic nitrogens is 2. The lowest BCUT2D eigenvalue weighted by Crippen LogP contribution is -2.34. The van der Waals surface area contributed by atoms with E-state index in [-0.39, 0.29) is 6.04 Å². The minimum absolute atomic E-state index is 0.108. The Kier molecular flexibility index (Phi) is 5.67. The van der Waals surface area contributed by atoms with E-state index >= 15 is 0 Å². The third kappa shape index (κ3) is 4.45. The van der Waals surface area contributed by atoms with Crippen molar-refractivity contribution in [3.05, 3.63) is 41.7 Å². The SMILES string of the molecule is CC(C)n1cc(C(F)(F)F)nc1-c1ccc(CNC2CCOCC2)cc1. The summed E-state index contributed by atoms with van der Waals surface area (Å²) in [5.41, 5.74) is 0.925. The third-order valence-electron chi connectivity index (χ3n) is 4.61. The summed E-state index contributed by atoms with van der Waals surface area (Å²) in [4.78, 5) is 3.83. The summed E-state index contributed by atoms with van der Waals surface area (Å²) in [6.45, 7) is 6.00. The number of ether oxygens (including phenoxy) is 1. The number of alkyl halides is 3. The van der Waals surface area contributed by atoms with Crippen molar-refractivity contribution in [1.82, 2.24) is 14.9 Å². The monoisotopic (exact) mass is 367 g/mol. The van der Waals surface area contributed by atoms with E-state index in [0.29, 0.717) is 17.4 Å². The summed E-state index contributed by atoms with van der Waals surface area (Å²) in [7, 11) is 0. The predicted octanol–water partition coefficient (Wildman–Crippen LogP) is 4.42. The van der Waals surface area contributed by atoms with Crippen molar-refractivity contribution in [2.45, 2.75) is 51.5 Å². The van der Waals surface area contributed by atoms with E-state index in [1.54, 1.807) is 4.57 Å². The van der Waals surface area contributed by atoms with Gasteiger partial charge in [-0.2, -0.15) is 13.2 Å². The Morgan fingerprint density at radius 2 is 1.85 bits per heavy atom. The second kappa shape index (κ2) is 7.80. The lowest BCUT2D eigenvalue weighted by molar-refractivity contribution is -0.140. The van der Waals surface area contributed by atoms with Crippen LogP contribution in [0, 0.1) is 0 Å². The van der Waals surface area contributed by atoms with Gasteiger partial charge in [-0.05, 0) is 32.3 Å². The van der Waals surface area contributed by atoms with Crippen molar-refractivity contribution in [1.29, 1.82) is 0 Å². The number of hydrogen-bond donors (Lipinski definition) is 1. The van der Waals surface area contributed by atoms with E-state index in [0.717, 1.165) is 44.4 Å². The standard InChI is InChI=1S/C19H24F3N3O/c1-13(2)25-12-17(19(20,21)22)24-18(25)15-5-3-14(4-6-15)11-23-16-7-9-26-10-8-16/h3-6,12-13,16,23H,7-11H2,1-2H3. The first-order chi connectivity index (χ1) is 12.3. The van der Waals surface area contributed by atoms with E-state index in [2.05, 4.69) is 10.3 Å². The molecule has 1 aliphatic rings. The molecule has 7 heteroatoms. The van der Waals surface area contributed by atoms with E-state index in [9.17, 15) is 13.2 Å². The molecular formula is C19H24F3N3O. The Morgan fingerprint density at radius 1 is 1.19 bits per heavy atom. The van der Waals surface area contributed by atoms with Crippen LogP contribution in [0.2, 0.25) is 0 Å². The van der Waals surface area contributed by atoms with Crippen LogP contribution in [0.25, 0.3) is 11.4 Å². The van der Waals surface area contributed by atoms with Gasteiger partial charge in [-0.3, -0.25) is 0 Å². The highest BCUT2D eigenvalue weighted by atomic mass is 19.4. The van der Waals surface area contributed by atoms with E-state index in [1.807, 2.05) is 38.1 Å². The van der Waals surface area contributed by atoms with Crippen LogP contribution in [0.3, 0.4) is 0 Å². The van der Waals surface area contributed by atoms with Crippen LogP contribution in [0.1, 0.15) is 44.0 Å². The smallest absolute Gasteiger partial charge is 0.381 e. The number of halogens is 3. The van der Waals surface area contributed by atoms with E-state index in [1.165, 1.54) is 0 Å². The van der Waals surface area contributed by atoms with Crippen molar-refractivity contribution < 1.29 is 17.9 Å². The fraction of sp³-hybridized carbons (Fsp3) is 0.526. The van der Waals surface area contributed by atoms with E-state index in [4.69, 9.17) is 4.74 Å². The van der Waals surface area contributed by atoms with Crippen molar-refractivity contribution in [2.24, 2.45) is 0 Å². The Balaban J connectivity index is 1.74. The van der Waals surface area contributed by atoms with Gasteiger partial charge in [-0.1, -0.05) is 24.3 Å². The lowest BCUT2D eigenvalue weighted by Gasteiger charge is -2.23. The number of nitrogens with zero attached hydrogens (tertiary/aromatic N) is 2. The van der Waals surface area contributed by atoms with Gasteiger partial charge >= 0.3 is 6.18 Å². The topological polar surface area (TPSA) is 39.1 Å². The van der Waals surface area contributed by atoms with E-state index < -0.39 is 11.9 Å². The molecule has 2 heterocycles. The number of nitrogens with one attached hydrogen (secondary N) is 1. The summed E-state index contributed by atoms with van der Waals surface area (Å²) >= 11 is 0. The number of benzene rings is 1. The van der Waals surface area contributed by atoms with Gasteiger partial charge in [0.15, 0.2) is 5.69 Å². The predicted molar refractivity (Wildman–Crippen MR) is 93.7 cm³/mol. The first-order valence-electron chi connectivity index (χ1n) is 8.91. The van der Waals surface area contributed by atoms with Crippen LogP contribution in [0.4, 0.5) is 13.2 Å². The molecule has 1 aliphatic heterocycles. The van der Waals surface area contributed by atoms with Crippen LogP contribution >= 0.6 is 0 Å². The molecule has 0 spiro atoms. The zero-order valence-electron chi connectivity index (χ0n) is 15.0. The van der Waals surface area contributed by atoms with Crippen LogP contribution in [-0.4, -0.2) is 28.8 Å². The molecule has 26 heavy (non-hydrogen) atoms. The maximum absolute atomic E-state index is 13.0. The number of hydrogen-bond acceptors (Lipinski definition) is 3. The van der Waals surface area contributed by atoms with Gasteiger partial charge in [-0.25, -0.2) is 4.98 Å². The molecule has 0 saturated carbocycles. The average Bonchev–Trinajstić information content (AvgIpc) is 3.07. The zero-order valence-corrected chi connectivity index (χ0v) is 15.0. The highest BCUT2D eigenvalue weighted by molar-refractivity contribution is 5.57. The largest absolute Gasteiger partial charge is 0.434 e. The molecular weight excluding hydrogens is 343 g/mol. The Bertz CT molecular complexity index is 717. The molecule has 2 aromatic rings. The van der Waals surface area contributed by atoms with Gasteiger partial charge in [0.1, 0.15) is 5.82 Å². The molecule has 0 radical (unpaired) electrons. The fourth-order valence-electron chi connectivity index (χ4n) is 3.07. The van der Waals surface area contributed by atoms with Gasteiger partial charge in [0.2, 0.25) is 0 Å². The minimum atomic E-state index is -4.44. The van der Waals surface area contributed by atoms with Gasteiger partial charge in [0, 0.05) is 43.6 Å². The first kappa shape index (κ1) is 18.9. The minimum Gasteiger partial charge on any atom is -0.381 e. The molecule has 3 rings (SSSR count). The molecule has 0 aliphatic carbocycles. The number of imidazole rings is 1. The number of rotatable bonds is 5. The van der Waals surface area contributed by atoms with Crippen molar-refractivity contribution in [3.8, 4) is 11.4 Å². The fourth-order valence-corrected chi connectivity index (χ4v) is 3.07. The molecule has 142 valence electrons. The quantitative estimate of drug-likeness (QED) is 0.850. The lowest BCUT2D eigenvalue weighted by atomic mass is 10.1. The Hall–Kier alpha value is -1.86. The average molecular weight is 367 g/mol. The van der Waals surface area contributed by atoms with Crippen molar-refractivity contribution in [3.63, 3.8) is 0 Å². The van der Waals surface area contributed by atoms with Crippen molar-refractivity contribution in [2.75, 3.05) is 13.2 Å². The highest BCUT2D eigenvalue weighted by Gasteiger charge is 2.35. The molecule has 1 saturated heterocycles. The molecule has 0 unspecified atom stereocenters. The molecule has 1 N–H and O–H groups in total. The van der Waals surface area contributed by atoms with Crippen LogP contribution in [0.5, 0.6) is 0 Å². The van der Waals surface area contributed by atoms with Gasteiger partial charge < -0.3 is 14.6 Å². The molecule has 1 aromatic heterocycles. The normalized spacial score (nSPS) is 16.4. The van der Waals surface area contributed by atoms with Crippen LogP contribution in [0.15, 0.2) is 30.5 Å². The maximum Gasteiger partial charge on any atom is 0.434 e. The van der Waals surface area contributed by atoms with Gasteiger partial charge in [0.05, 0.1) is 0 Å². The summed E-state index contributed by atoms with van der Waals surface area (Å²) in [5.74, 6) is 0.344. The molecule has 1 fully saturated rings.